The van der Waals surface area contributed by atoms with Crippen molar-refractivity contribution in [2.24, 2.45) is 4.99 Å². The lowest BCUT2D eigenvalue weighted by atomic mass is 10.1. The number of anilines is 1. The lowest BCUT2D eigenvalue weighted by Gasteiger charge is -2.15. The lowest BCUT2D eigenvalue weighted by Crippen LogP contribution is -2.37. The normalized spacial score (nSPS) is 11.4. The molecule has 0 aliphatic carbocycles. The first kappa shape index (κ1) is 19.7. The minimum absolute atomic E-state index is 0.708. The number of nitrogens with zero attached hydrogens (tertiary/aromatic N) is 2. The molecule has 1 aromatic carbocycles. The second-order valence-corrected chi connectivity index (χ2v) is 6.81. The molecule has 0 unspecified atom stereocenters. The predicted octanol–water partition coefficient (Wildman–Crippen LogP) is 3.26. The Hall–Kier alpha value is -1.36. The molecule has 0 radical (unpaired) electrons. The Labute approximate surface area is 146 Å². The van der Waals surface area contributed by atoms with Crippen molar-refractivity contribution in [1.82, 2.24) is 10.6 Å². The van der Waals surface area contributed by atoms with Gasteiger partial charge in [0.15, 0.2) is 5.96 Å². The number of unbranched alkanes of at least 4 members (excludes halogenated alkanes) is 1. The van der Waals surface area contributed by atoms with Gasteiger partial charge in [-0.25, -0.2) is 4.99 Å². The molecule has 0 bridgehead atoms. The largest absolute Gasteiger partial charge is 0.378 e. The summed E-state index contributed by atoms with van der Waals surface area (Å²) in [5.74, 6) is 2.14. The van der Waals surface area contributed by atoms with Crippen LogP contribution >= 0.6 is 11.8 Å². The number of aliphatic imine (C=N–C) groups is 1. The van der Waals surface area contributed by atoms with Crippen LogP contribution < -0.4 is 15.5 Å². The fraction of sp³-hybridized carbons (Fsp3) is 0.611. The molecule has 0 spiro atoms. The molecule has 4 nitrogen and oxygen atoms in total. The van der Waals surface area contributed by atoms with Crippen LogP contribution in [-0.4, -0.2) is 45.2 Å². The average molecular weight is 337 g/mol. The molecular weight excluding hydrogens is 304 g/mol. The van der Waals surface area contributed by atoms with E-state index in [0.29, 0.717) is 6.54 Å². The van der Waals surface area contributed by atoms with Gasteiger partial charge in [-0.2, -0.15) is 11.8 Å². The summed E-state index contributed by atoms with van der Waals surface area (Å²) in [4.78, 5) is 6.84. The van der Waals surface area contributed by atoms with E-state index in [0.717, 1.165) is 19.0 Å². The van der Waals surface area contributed by atoms with Crippen LogP contribution in [0.5, 0.6) is 0 Å². The zero-order chi connectivity index (χ0) is 17.1. The third-order valence-corrected chi connectivity index (χ3v) is 4.36. The van der Waals surface area contributed by atoms with Crippen molar-refractivity contribution in [3.05, 3.63) is 29.3 Å². The zero-order valence-corrected chi connectivity index (χ0v) is 16.1. The van der Waals surface area contributed by atoms with Gasteiger partial charge in [-0.05, 0) is 62.0 Å². The molecule has 0 aliphatic rings. The maximum Gasteiger partial charge on any atom is 0.191 e. The summed E-state index contributed by atoms with van der Waals surface area (Å²) in [7, 11) is 4.13. The SMILES string of the molecule is CCNC(=NCc1ccc(N(C)C)cc1C)NCCCCSC. The van der Waals surface area contributed by atoms with Crippen LogP contribution in [-0.2, 0) is 6.54 Å². The van der Waals surface area contributed by atoms with Gasteiger partial charge in [0.2, 0.25) is 0 Å². The first-order valence-corrected chi connectivity index (χ1v) is 9.75. The van der Waals surface area contributed by atoms with Gasteiger partial charge in [-0.15, -0.1) is 0 Å². The number of hydrogen-bond acceptors (Lipinski definition) is 3. The zero-order valence-electron chi connectivity index (χ0n) is 15.3. The Morgan fingerprint density at radius 3 is 2.61 bits per heavy atom. The van der Waals surface area contributed by atoms with E-state index in [1.54, 1.807) is 0 Å². The summed E-state index contributed by atoms with van der Waals surface area (Å²) < 4.78 is 0. The van der Waals surface area contributed by atoms with Crippen molar-refractivity contribution in [3.8, 4) is 0 Å². The summed E-state index contributed by atoms with van der Waals surface area (Å²) >= 11 is 1.91. The summed E-state index contributed by atoms with van der Waals surface area (Å²) in [5.41, 5.74) is 3.79. The quantitative estimate of drug-likeness (QED) is 0.412. The van der Waals surface area contributed by atoms with Crippen LogP contribution in [0.1, 0.15) is 30.9 Å². The highest BCUT2D eigenvalue weighted by molar-refractivity contribution is 7.98. The second kappa shape index (κ2) is 11.2. The fourth-order valence-corrected chi connectivity index (χ4v) is 2.71. The number of hydrogen-bond donors (Lipinski definition) is 2. The van der Waals surface area contributed by atoms with E-state index in [1.165, 1.54) is 35.4 Å². The molecule has 5 heteroatoms. The number of benzene rings is 1. The average Bonchev–Trinajstić information content (AvgIpc) is 2.53. The molecule has 0 atom stereocenters. The summed E-state index contributed by atoms with van der Waals surface area (Å²) in [6.45, 7) is 6.82. The fourth-order valence-electron chi connectivity index (χ4n) is 2.22. The van der Waals surface area contributed by atoms with Crippen LogP contribution in [0.3, 0.4) is 0 Å². The number of guanidine groups is 1. The van der Waals surface area contributed by atoms with Gasteiger partial charge in [0.05, 0.1) is 6.54 Å². The van der Waals surface area contributed by atoms with Gasteiger partial charge >= 0.3 is 0 Å². The topological polar surface area (TPSA) is 39.7 Å². The molecule has 23 heavy (non-hydrogen) atoms. The molecule has 130 valence electrons. The van der Waals surface area contributed by atoms with Crippen LogP contribution in [0, 0.1) is 6.92 Å². The Bertz CT molecular complexity index is 486. The Kier molecular flexibility index (Phi) is 9.60. The van der Waals surface area contributed by atoms with Crippen molar-refractivity contribution in [1.29, 1.82) is 0 Å². The van der Waals surface area contributed by atoms with E-state index >= 15 is 0 Å². The highest BCUT2D eigenvalue weighted by Gasteiger charge is 2.02. The Morgan fingerprint density at radius 2 is 2.00 bits per heavy atom. The molecule has 0 amide bonds. The number of rotatable bonds is 9. The van der Waals surface area contributed by atoms with Crippen molar-refractivity contribution >= 4 is 23.4 Å². The molecule has 0 saturated carbocycles. The minimum atomic E-state index is 0.708. The minimum Gasteiger partial charge on any atom is -0.378 e. The van der Waals surface area contributed by atoms with Gasteiger partial charge in [-0.1, -0.05) is 6.07 Å². The van der Waals surface area contributed by atoms with E-state index in [-0.39, 0.29) is 0 Å². The number of nitrogens with one attached hydrogen (secondary N) is 2. The van der Waals surface area contributed by atoms with E-state index in [1.807, 2.05) is 11.8 Å². The van der Waals surface area contributed by atoms with Crippen molar-refractivity contribution < 1.29 is 0 Å². The molecular formula is C18H32N4S. The smallest absolute Gasteiger partial charge is 0.191 e. The monoisotopic (exact) mass is 336 g/mol. The maximum absolute atomic E-state index is 4.71. The lowest BCUT2D eigenvalue weighted by molar-refractivity contribution is 0.734. The highest BCUT2D eigenvalue weighted by atomic mass is 32.2. The van der Waals surface area contributed by atoms with Crippen molar-refractivity contribution in [3.63, 3.8) is 0 Å². The molecule has 2 N–H and O–H groups in total. The van der Waals surface area contributed by atoms with Gasteiger partial charge < -0.3 is 15.5 Å². The molecule has 1 rings (SSSR count). The van der Waals surface area contributed by atoms with Gasteiger partial charge in [0.1, 0.15) is 0 Å². The Balaban J connectivity index is 2.59. The summed E-state index contributed by atoms with van der Waals surface area (Å²) in [5, 5.41) is 6.74. The number of aryl methyl sites for hydroxylation is 1. The summed E-state index contributed by atoms with van der Waals surface area (Å²) in [6, 6.07) is 6.55. The second-order valence-electron chi connectivity index (χ2n) is 5.83. The molecule has 0 aliphatic heterocycles. The molecule has 1 aromatic rings. The van der Waals surface area contributed by atoms with E-state index in [4.69, 9.17) is 4.99 Å². The third kappa shape index (κ3) is 7.64. The van der Waals surface area contributed by atoms with Crippen LogP contribution in [0.2, 0.25) is 0 Å². The molecule has 0 heterocycles. The van der Waals surface area contributed by atoms with Gasteiger partial charge in [-0.3, -0.25) is 0 Å². The standard InChI is InChI=1S/C18H32N4S/c1-6-19-18(20-11-7-8-12-23-5)21-14-16-9-10-17(22(3)4)13-15(16)2/h9-10,13H,6-8,11-12,14H2,1-5H3,(H2,19,20,21). The predicted molar refractivity (Wildman–Crippen MR) is 106 cm³/mol. The van der Waals surface area contributed by atoms with Crippen LogP contribution in [0.25, 0.3) is 0 Å². The maximum atomic E-state index is 4.71. The van der Waals surface area contributed by atoms with Crippen molar-refractivity contribution in [2.45, 2.75) is 33.2 Å². The van der Waals surface area contributed by atoms with E-state index in [9.17, 15) is 0 Å². The number of thioether (sulfide) groups is 1. The van der Waals surface area contributed by atoms with Crippen molar-refractivity contribution in [2.75, 3.05) is 44.1 Å². The van der Waals surface area contributed by atoms with E-state index in [2.05, 4.69) is 67.9 Å². The first-order valence-electron chi connectivity index (χ1n) is 8.36. The van der Waals surface area contributed by atoms with Gasteiger partial charge in [0.25, 0.3) is 0 Å². The van der Waals surface area contributed by atoms with Gasteiger partial charge in [0, 0.05) is 32.9 Å². The molecule has 0 aromatic heterocycles. The molecule has 0 saturated heterocycles. The summed E-state index contributed by atoms with van der Waals surface area (Å²) in [6.07, 6.45) is 4.59. The van der Waals surface area contributed by atoms with Crippen LogP contribution in [0.4, 0.5) is 5.69 Å². The highest BCUT2D eigenvalue weighted by Crippen LogP contribution is 2.17. The first-order chi connectivity index (χ1) is 11.1. The molecule has 0 fully saturated rings. The Morgan fingerprint density at radius 1 is 1.22 bits per heavy atom. The third-order valence-electron chi connectivity index (χ3n) is 3.66. The van der Waals surface area contributed by atoms with E-state index < -0.39 is 0 Å². The van der Waals surface area contributed by atoms with Crippen LogP contribution in [0.15, 0.2) is 23.2 Å².